The van der Waals surface area contributed by atoms with Crippen LogP contribution in [0, 0.1) is 6.92 Å². The minimum absolute atomic E-state index is 0.0868. The van der Waals surface area contributed by atoms with Crippen molar-refractivity contribution in [2.75, 3.05) is 13.1 Å². The van der Waals surface area contributed by atoms with E-state index in [9.17, 15) is 0 Å². The molecule has 1 fully saturated rings. The van der Waals surface area contributed by atoms with Crippen molar-refractivity contribution >= 4 is 0 Å². The van der Waals surface area contributed by atoms with Gasteiger partial charge in [-0.1, -0.05) is 0 Å². The highest BCUT2D eigenvalue weighted by molar-refractivity contribution is 4.86. The van der Waals surface area contributed by atoms with Gasteiger partial charge in [0.2, 0.25) is 0 Å². The molecule has 1 saturated heterocycles. The van der Waals surface area contributed by atoms with E-state index >= 15 is 0 Å². The van der Waals surface area contributed by atoms with Crippen LogP contribution in [0.25, 0.3) is 0 Å². The Hall–Kier alpha value is -0.0400. The van der Waals surface area contributed by atoms with Crippen LogP contribution in [0.5, 0.6) is 0 Å². The van der Waals surface area contributed by atoms with E-state index in [1.54, 1.807) is 0 Å². The monoisotopic (exact) mass is 125 g/mol. The molecule has 0 spiro atoms. The predicted molar refractivity (Wildman–Crippen MR) is 39.2 cm³/mol. The van der Waals surface area contributed by atoms with Gasteiger partial charge in [0.15, 0.2) is 0 Å². The van der Waals surface area contributed by atoms with E-state index in [2.05, 4.69) is 18.7 Å². The largest absolute Gasteiger partial charge is 0.298 e. The lowest BCUT2D eigenvalue weighted by molar-refractivity contribution is 0.201. The highest BCUT2D eigenvalue weighted by Gasteiger charge is 2.23. The van der Waals surface area contributed by atoms with Crippen molar-refractivity contribution in [3.63, 3.8) is 0 Å². The quantitative estimate of drug-likeness (QED) is 0.514. The summed E-state index contributed by atoms with van der Waals surface area (Å²) >= 11 is 0. The van der Waals surface area contributed by atoms with Crippen LogP contribution < -0.4 is 0 Å². The van der Waals surface area contributed by atoms with E-state index in [0.717, 1.165) is 0 Å². The van der Waals surface area contributed by atoms with Crippen molar-refractivity contribution in [3.05, 3.63) is 6.92 Å². The fraction of sp³-hybridized carbons (Fsp3) is 0.875. The number of likely N-dealkylation sites (tertiary alicyclic amines) is 1. The summed E-state index contributed by atoms with van der Waals surface area (Å²) in [5.41, 5.74) is -0.0868. The molecule has 0 saturated carbocycles. The van der Waals surface area contributed by atoms with Crippen molar-refractivity contribution in [2.45, 2.75) is 32.2 Å². The average Bonchev–Trinajstić information content (AvgIpc) is 2.08. The molecule has 0 aromatic heterocycles. The molecular formula is C8H15N. The maximum atomic E-state index is 5.87. The third kappa shape index (κ3) is 1.68. The zero-order valence-electron chi connectivity index (χ0n) is 6.35. The second-order valence-electron chi connectivity index (χ2n) is 3.35. The highest BCUT2D eigenvalue weighted by atomic mass is 15.2. The Morgan fingerprint density at radius 1 is 1.22 bits per heavy atom. The van der Waals surface area contributed by atoms with Crippen LogP contribution >= 0.6 is 0 Å². The summed E-state index contributed by atoms with van der Waals surface area (Å²) in [6.45, 7) is 12.4. The third-order valence-corrected chi connectivity index (χ3v) is 1.92. The van der Waals surface area contributed by atoms with Gasteiger partial charge < -0.3 is 0 Å². The molecule has 52 valence electrons. The molecule has 1 aliphatic heterocycles. The average molecular weight is 125 g/mol. The van der Waals surface area contributed by atoms with Crippen LogP contribution in [0.2, 0.25) is 0 Å². The van der Waals surface area contributed by atoms with E-state index in [-0.39, 0.29) is 5.54 Å². The van der Waals surface area contributed by atoms with Gasteiger partial charge >= 0.3 is 0 Å². The molecule has 0 aromatic rings. The van der Waals surface area contributed by atoms with Gasteiger partial charge in [0.05, 0.1) is 0 Å². The first-order valence-corrected chi connectivity index (χ1v) is 3.64. The molecule has 1 heterocycles. The molecule has 0 unspecified atom stereocenters. The smallest absolute Gasteiger partial charge is 0.0188 e. The lowest BCUT2D eigenvalue weighted by atomic mass is 10.1. The van der Waals surface area contributed by atoms with E-state index in [4.69, 9.17) is 6.92 Å². The Bertz CT molecular complexity index is 85.2. The molecule has 0 aliphatic carbocycles. The zero-order valence-corrected chi connectivity index (χ0v) is 6.35. The standard InChI is InChI=1S/C8H15N/c1-8(2,3)9-6-4-5-7-9/h1H,4-7H2,2-3H3. The molecule has 9 heavy (non-hydrogen) atoms. The Morgan fingerprint density at radius 2 is 1.67 bits per heavy atom. The van der Waals surface area contributed by atoms with Gasteiger partial charge in [-0.2, -0.15) is 0 Å². The summed E-state index contributed by atoms with van der Waals surface area (Å²) in [4.78, 5) is 2.33. The Morgan fingerprint density at radius 3 is 1.89 bits per heavy atom. The molecule has 1 rings (SSSR count). The normalized spacial score (nSPS) is 23.0. The number of hydrogen-bond donors (Lipinski definition) is 0. The van der Waals surface area contributed by atoms with Gasteiger partial charge in [0.1, 0.15) is 0 Å². The van der Waals surface area contributed by atoms with Gasteiger partial charge in [-0.25, -0.2) is 0 Å². The van der Waals surface area contributed by atoms with Crippen LogP contribution in [0.15, 0.2) is 0 Å². The zero-order chi connectivity index (χ0) is 6.91. The maximum Gasteiger partial charge on any atom is 0.0188 e. The van der Waals surface area contributed by atoms with Gasteiger partial charge in [0.25, 0.3) is 0 Å². The van der Waals surface area contributed by atoms with E-state index in [1.807, 2.05) is 0 Å². The third-order valence-electron chi connectivity index (χ3n) is 1.92. The Labute approximate surface area is 58.0 Å². The van der Waals surface area contributed by atoms with E-state index in [1.165, 1.54) is 25.9 Å². The SMILES string of the molecule is [CH]C(C)(C)N1CCCC1. The molecule has 0 bridgehead atoms. The van der Waals surface area contributed by atoms with Gasteiger partial charge in [-0.15, -0.1) is 0 Å². The summed E-state index contributed by atoms with van der Waals surface area (Å²) in [6.07, 6.45) is 2.64. The molecular weight excluding hydrogens is 110 g/mol. The van der Waals surface area contributed by atoms with Crippen LogP contribution in [0.4, 0.5) is 0 Å². The van der Waals surface area contributed by atoms with Crippen molar-refractivity contribution in [1.29, 1.82) is 0 Å². The lowest BCUT2D eigenvalue weighted by Crippen LogP contribution is -2.39. The summed E-state index contributed by atoms with van der Waals surface area (Å²) in [5, 5.41) is 0. The van der Waals surface area contributed by atoms with Crippen LogP contribution in [-0.2, 0) is 0 Å². The second-order valence-corrected chi connectivity index (χ2v) is 3.35. The molecule has 0 amide bonds. The van der Waals surface area contributed by atoms with E-state index < -0.39 is 0 Å². The number of nitrogens with zero attached hydrogens (tertiary/aromatic N) is 1. The highest BCUT2D eigenvalue weighted by Crippen LogP contribution is 2.18. The first-order chi connectivity index (χ1) is 4.11. The summed E-state index contributed by atoms with van der Waals surface area (Å²) in [5.74, 6) is 0. The first kappa shape index (κ1) is 7.07. The summed E-state index contributed by atoms with van der Waals surface area (Å²) in [6, 6.07) is 0. The number of hydrogen-bond acceptors (Lipinski definition) is 1. The van der Waals surface area contributed by atoms with Gasteiger partial charge in [0, 0.05) is 5.54 Å². The fourth-order valence-electron chi connectivity index (χ4n) is 1.29. The first-order valence-electron chi connectivity index (χ1n) is 3.64. The van der Waals surface area contributed by atoms with Crippen molar-refractivity contribution < 1.29 is 0 Å². The molecule has 1 aliphatic rings. The van der Waals surface area contributed by atoms with Crippen molar-refractivity contribution in [3.8, 4) is 0 Å². The van der Waals surface area contributed by atoms with Crippen LogP contribution in [-0.4, -0.2) is 23.5 Å². The second kappa shape index (κ2) is 2.30. The minimum Gasteiger partial charge on any atom is -0.298 e. The molecule has 0 aromatic carbocycles. The van der Waals surface area contributed by atoms with Crippen LogP contribution in [0.1, 0.15) is 26.7 Å². The summed E-state index contributed by atoms with van der Waals surface area (Å²) < 4.78 is 0. The Balaban J connectivity index is 2.42. The van der Waals surface area contributed by atoms with Gasteiger partial charge in [-0.3, -0.25) is 4.90 Å². The van der Waals surface area contributed by atoms with Crippen molar-refractivity contribution in [1.82, 2.24) is 4.90 Å². The predicted octanol–water partition coefficient (Wildman–Crippen LogP) is 1.57. The topological polar surface area (TPSA) is 3.24 Å². The van der Waals surface area contributed by atoms with Gasteiger partial charge in [-0.05, 0) is 46.7 Å². The lowest BCUT2D eigenvalue weighted by Gasteiger charge is -2.30. The molecule has 1 heteroatoms. The molecule has 2 radical (unpaired) electrons. The molecule has 0 N–H and O–H groups in total. The van der Waals surface area contributed by atoms with Crippen LogP contribution in [0.3, 0.4) is 0 Å². The van der Waals surface area contributed by atoms with E-state index in [0.29, 0.717) is 0 Å². The molecule has 0 atom stereocenters. The summed E-state index contributed by atoms with van der Waals surface area (Å²) in [7, 11) is 0. The fourth-order valence-corrected chi connectivity index (χ4v) is 1.29. The molecule has 1 nitrogen and oxygen atoms in total. The van der Waals surface area contributed by atoms with Crippen molar-refractivity contribution in [2.24, 2.45) is 0 Å². The maximum absolute atomic E-state index is 5.87. The Kier molecular flexibility index (Phi) is 1.80. The number of rotatable bonds is 1. The minimum atomic E-state index is -0.0868.